The molecule has 1 saturated heterocycles. The zero-order chi connectivity index (χ0) is 26.1. The fourth-order valence-corrected chi connectivity index (χ4v) is 5.07. The van der Waals surface area contributed by atoms with Crippen LogP contribution in [0.1, 0.15) is 52.7 Å². The average Bonchev–Trinajstić information content (AvgIpc) is 3.30. The molecular formula is C27H27ClN4O5. The minimum atomic E-state index is -0.584. The number of benzene rings is 2. The second-order valence-electron chi connectivity index (χ2n) is 8.85. The number of nitrogens with zero attached hydrogens (tertiary/aromatic N) is 4. The summed E-state index contributed by atoms with van der Waals surface area (Å²) in [6.45, 7) is 2.97. The van der Waals surface area contributed by atoms with Gasteiger partial charge in [0.1, 0.15) is 11.4 Å². The fraction of sp³-hybridized carbons (Fsp3) is 0.333. The van der Waals surface area contributed by atoms with E-state index in [-0.39, 0.29) is 29.8 Å². The lowest BCUT2D eigenvalue weighted by molar-refractivity contribution is -0.119. The number of esters is 1. The molecule has 0 atom stereocenters. The van der Waals surface area contributed by atoms with E-state index in [0.29, 0.717) is 53.6 Å². The monoisotopic (exact) mass is 522 g/mol. The quantitative estimate of drug-likeness (QED) is 0.444. The third kappa shape index (κ3) is 4.55. The van der Waals surface area contributed by atoms with Gasteiger partial charge in [-0.25, -0.2) is 9.48 Å². The highest BCUT2D eigenvalue weighted by Crippen LogP contribution is 2.33. The molecule has 2 amide bonds. The van der Waals surface area contributed by atoms with E-state index in [9.17, 15) is 14.4 Å². The van der Waals surface area contributed by atoms with Crippen molar-refractivity contribution in [2.24, 2.45) is 0 Å². The number of carbonyl (C=O) groups is 3. The Morgan fingerprint density at radius 2 is 1.73 bits per heavy atom. The third-order valence-electron chi connectivity index (χ3n) is 6.66. The lowest BCUT2D eigenvalue weighted by Crippen LogP contribution is -2.39. The summed E-state index contributed by atoms with van der Waals surface area (Å²) in [7, 11) is 1.54. The van der Waals surface area contributed by atoms with Crippen molar-refractivity contribution in [2.75, 3.05) is 36.6 Å². The number of piperidine rings is 1. The van der Waals surface area contributed by atoms with Gasteiger partial charge in [-0.3, -0.25) is 9.59 Å². The molecule has 0 bridgehead atoms. The molecule has 2 aliphatic rings. The standard InChI is InChI=1S/C27H27ClN4O5/c1-3-37-27(35)24-20-13-15-31(18-9-7-17(8-10-18)30-14-5-4-6-23(30)33)26(34)25(20)32(29-24)22-12-11-19(36-2)16-21(22)28/h7-12,16H,3-6,13-15H2,1-2H3. The Balaban J connectivity index is 1.53. The van der Waals surface area contributed by atoms with Crippen molar-refractivity contribution in [3.05, 3.63) is 64.4 Å². The molecule has 0 radical (unpaired) electrons. The number of hydrogen-bond donors (Lipinski definition) is 0. The third-order valence-corrected chi connectivity index (χ3v) is 6.97. The molecule has 0 spiro atoms. The van der Waals surface area contributed by atoms with Crippen LogP contribution in [-0.4, -0.2) is 54.4 Å². The Hall–Kier alpha value is -3.85. The van der Waals surface area contributed by atoms with Gasteiger partial charge in [0.25, 0.3) is 5.91 Å². The maximum Gasteiger partial charge on any atom is 0.359 e. The number of anilines is 2. The van der Waals surface area contributed by atoms with E-state index in [1.807, 2.05) is 24.3 Å². The Labute approximate surface area is 219 Å². The summed E-state index contributed by atoms with van der Waals surface area (Å²) in [6, 6.07) is 12.4. The fourth-order valence-electron chi connectivity index (χ4n) is 4.82. The first kappa shape index (κ1) is 24.8. The van der Waals surface area contributed by atoms with Crippen LogP contribution >= 0.6 is 11.6 Å². The number of ether oxygens (including phenoxy) is 2. The number of aromatic nitrogens is 2. The molecule has 192 valence electrons. The molecule has 1 aromatic heterocycles. The van der Waals surface area contributed by atoms with Crippen molar-refractivity contribution in [1.29, 1.82) is 0 Å². The lowest BCUT2D eigenvalue weighted by atomic mass is 10.0. The first-order chi connectivity index (χ1) is 17.9. The predicted molar refractivity (Wildman–Crippen MR) is 139 cm³/mol. The minimum Gasteiger partial charge on any atom is -0.497 e. The Kier molecular flexibility index (Phi) is 6.88. The topological polar surface area (TPSA) is 94.0 Å². The van der Waals surface area contributed by atoms with Gasteiger partial charge >= 0.3 is 5.97 Å². The van der Waals surface area contributed by atoms with Gasteiger partial charge in [0.2, 0.25) is 5.91 Å². The Morgan fingerprint density at radius 1 is 1.00 bits per heavy atom. The van der Waals surface area contributed by atoms with E-state index in [4.69, 9.17) is 21.1 Å². The summed E-state index contributed by atoms with van der Waals surface area (Å²) in [5.41, 5.74) is 2.85. The van der Waals surface area contributed by atoms with Gasteiger partial charge < -0.3 is 19.3 Å². The molecule has 1 fully saturated rings. The SMILES string of the molecule is CCOC(=O)c1nn(-c2ccc(OC)cc2Cl)c2c1CCN(c1ccc(N3CCCCC3=O)cc1)C2=O. The van der Waals surface area contributed by atoms with Crippen LogP contribution in [0, 0.1) is 0 Å². The van der Waals surface area contributed by atoms with Crippen LogP contribution < -0.4 is 14.5 Å². The number of fused-ring (bicyclic) bond motifs is 1. The van der Waals surface area contributed by atoms with E-state index in [0.717, 1.165) is 18.5 Å². The molecule has 2 aliphatic heterocycles. The first-order valence-electron chi connectivity index (χ1n) is 12.3. The van der Waals surface area contributed by atoms with Crippen molar-refractivity contribution in [3.8, 4) is 11.4 Å². The van der Waals surface area contributed by atoms with Crippen molar-refractivity contribution < 1.29 is 23.9 Å². The molecule has 3 aromatic rings. The van der Waals surface area contributed by atoms with Crippen LogP contribution in [0.15, 0.2) is 42.5 Å². The second-order valence-corrected chi connectivity index (χ2v) is 9.26. The Morgan fingerprint density at radius 3 is 2.38 bits per heavy atom. The molecular weight excluding hydrogens is 496 g/mol. The molecule has 0 N–H and O–H groups in total. The smallest absolute Gasteiger partial charge is 0.359 e. The van der Waals surface area contributed by atoms with E-state index < -0.39 is 5.97 Å². The van der Waals surface area contributed by atoms with Crippen LogP contribution in [0.4, 0.5) is 11.4 Å². The number of carbonyl (C=O) groups excluding carboxylic acids is 3. The highest BCUT2D eigenvalue weighted by Gasteiger charge is 2.36. The Bertz CT molecular complexity index is 1370. The number of halogens is 1. The van der Waals surface area contributed by atoms with Crippen molar-refractivity contribution in [2.45, 2.75) is 32.6 Å². The first-order valence-corrected chi connectivity index (χ1v) is 12.7. The summed E-state index contributed by atoms with van der Waals surface area (Å²) in [6.07, 6.45) is 2.85. The van der Waals surface area contributed by atoms with Crippen LogP contribution in [-0.2, 0) is 16.0 Å². The van der Waals surface area contributed by atoms with Gasteiger partial charge in [-0.2, -0.15) is 5.10 Å². The molecule has 2 aromatic carbocycles. The highest BCUT2D eigenvalue weighted by atomic mass is 35.5. The molecule has 3 heterocycles. The van der Waals surface area contributed by atoms with Crippen molar-refractivity contribution in [1.82, 2.24) is 9.78 Å². The summed E-state index contributed by atoms with van der Waals surface area (Å²) >= 11 is 6.53. The van der Waals surface area contributed by atoms with Gasteiger partial charge in [-0.15, -0.1) is 0 Å². The minimum absolute atomic E-state index is 0.107. The van der Waals surface area contributed by atoms with E-state index in [1.54, 1.807) is 34.9 Å². The number of amides is 2. The van der Waals surface area contributed by atoms with Crippen LogP contribution in [0.5, 0.6) is 5.75 Å². The molecule has 37 heavy (non-hydrogen) atoms. The van der Waals surface area contributed by atoms with Crippen molar-refractivity contribution in [3.63, 3.8) is 0 Å². The van der Waals surface area contributed by atoms with Gasteiger partial charge in [-0.1, -0.05) is 11.6 Å². The zero-order valence-corrected chi connectivity index (χ0v) is 21.5. The summed E-state index contributed by atoms with van der Waals surface area (Å²) < 4.78 is 11.9. The van der Waals surface area contributed by atoms with E-state index >= 15 is 0 Å². The zero-order valence-electron chi connectivity index (χ0n) is 20.7. The lowest BCUT2D eigenvalue weighted by Gasteiger charge is -2.29. The number of rotatable bonds is 6. The molecule has 0 aliphatic carbocycles. The molecule has 0 saturated carbocycles. The number of methoxy groups -OCH3 is 1. The number of hydrogen-bond acceptors (Lipinski definition) is 6. The maximum atomic E-state index is 13.9. The van der Waals surface area contributed by atoms with Crippen LogP contribution in [0.3, 0.4) is 0 Å². The average molecular weight is 523 g/mol. The van der Waals surface area contributed by atoms with Crippen LogP contribution in [0.2, 0.25) is 5.02 Å². The maximum absolute atomic E-state index is 13.9. The van der Waals surface area contributed by atoms with E-state index in [1.165, 1.54) is 11.8 Å². The van der Waals surface area contributed by atoms with Gasteiger partial charge in [0, 0.05) is 42.5 Å². The highest BCUT2D eigenvalue weighted by molar-refractivity contribution is 6.32. The predicted octanol–water partition coefficient (Wildman–Crippen LogP) is 4.43. The molecule has 0 unspecified atom stereocenters. The largest absolute Gasteiger partial charge is 0.497 e. The molecule has 10 heteroatoms. The van der Waals surface area contributed by atoms with Gasteiger partial charge in [0.15, 0.2) is 5.69 Å². The molecule has 9 nitrogen and oxygen atoms in total. The summed E-state index contributed by atoms with van der Waals surface area (Å²) in [4.78, 5) is 42.3. The normalized spacial score (nSPS) is 15.5. The van der Waals surface area contributed by atoms with Crippen molar-refractivity contribution >= 4 is 40.8 Å². The second kappa shape index (κ2) is 10.3. The summed E-state index contributed by atoms with van der Waals surface area (Å²) in [5.74, 6) is -0.220. The summed E-state index contributed by atoms with van der Waals surface area (Å²) in [5, 5.41) is 4.80. The molecule has 5 rings (SSSR count). The van der Waals surface area contributed by atoms with E-state index in [2.05, 4.69) is 5.10 Å². The van der Waals surface area contributed by atoms with Crippen LogP contribution in [0.25, 0.3) is 5.69 Å². The van der Waals surface area contributed by atoms with Gasteiger partial charge in [0.05, 0.1) is 24.4 Å². The van der Waals surface area contributed by atoms with Gasteiger partial charge in [-0.05, 0) is 62.6 Å².